The van der Waals surface area contributed by atoms with Crippen LogP contribution in [0.2, 0.25) is 0 Å². The van der Waals surface area contributed by atoms with Crippen molar-refractivity contribution < 1.29 is 14.3 Å². The number of carbonyl (C=O) groups is 2. The molecule has 1 aliphatic carbocycles. The van der Waals surface area contributed by atoms with Gasteiger partial charge in [0.2, 0.25) is 0 Å². The van der Waals surface area contributed by atoms with E-state index >= 15 is 0 Å². The van der Waals surface area contributed by atoms with E-state index in [0.717, 1.165) is 47.0 Å². The molecule has 0 spiro atoms. The molecular formula is C23H31NO3S. The zero-order chi connectivity index (χ0) is 20.3. The lowest BCUT2D eigenvalue weighted by molar-refractivity contribution is -0.123. The van der Waals surface area contributed by atoms with Gasteiger partial charge in [-0.15, -0.1) is 0 Å². The van der Waals surface area contributed by atoms with Crippen LogP contribution in [0, 0.1) is 12.8 Å². The quantitative estimate of drug-likeness (QED) is 0.538. The van der Waals surface area contributed by atoms with Gasteiger partial charge in [0.1, 0.15) is 5.75 Å². The van der Waals surface area contributed by atoms with Crippen LogP contribution in [0.5, 0.6) is 5.75 Å². The van der Waals surface area contributed by atoms with Crippen LogP contribution in [0.3, 0.4) is 0 Å². The Morgan fingerprint density at radius 2 is 1.93 bits per heavy atom. The first kappa shape index (κ1) is 21.0. The molecular weight excluding hydrogens is 370 g/mol. The summed E-state index contributed by atoms with van der Waals surface area (Å²) in [5.74, 6) is 1.54. The standard InChI is InChI=1S/C23H31NO3S/c1-5-27-20-11-16(4)18(12-19(20)15(2)3)13-21-22(25)24(23(26)28-21)14-17-9-7-6-8-10-17/h11-13,15,17H,5-10,14H2,1-4H3/b21-13+. The molecule has 0 atom stereocenters. The van der Waals surface area contributed by atoms with Crippen molar-refractivity contribution in [1.29, 1.82) is 0 Å². The lowest BCUT2D eigenvalue weighted by atomic mass is 9.89. The summed E-state index contributed by atoms with van der Waals surface area (Å²) in [6.45, 7) is 9.46. The van der Waals surface area contributed by atoms with Crippen LogP contribution in [-0.2, 0) is 4.79 Å². The van der Waals surface area contributed by atoms with Gasteiger partial charge in [-0.3, -0.25) is 14.5 Å². The van der Waals surface area contributed by atoms with Crippen LogP contribution in [0.25, 0.3) is 6.08 Å². The van der Waals surface area contributed by atoms with Crippen LogP contribution in [-0.4, -0.2) is 29.2 Å². The fraction of sp³-hybridized carbons (Fsp3) is 0.565. The summed E-state index contributed by atoms with van der Waals surface area (Å²) in [6.07, 6.45) is 7.81. The maximum atomic E-state index is 12.9. The van der Waals surface area contributed by atoms with E-state index in [0.29, 0.717) is 29.9 Å². The summed E-state index contributed by atoms with van der Waals surface area (Å²) in [5.41, 5.74) is 3.15. The molecule has 1 aromatic carbocycles. The van der Waals surface area contributed by atoms with Crippen molar-refractivity contribution in [3.63, 3.8) is 0 Å². The van der Waals surface area contributed by atoms with Crippen molar-refractivity contribution in [1.82, 2.24) is 4.90 Å². The number of rotatable bonds is 6. The molecule has 2 fully saturated rings. The van der Waals surface area contributed by atoms with E-state index in [2.05, 4.69) is 19.9 Å². The van der Waals surface area contributed by atoms with Crippen molar-refractivity contribution in [2.45, 2.75) is 65.7 Å². The number of aryl methyl sites for hydroxylation is 1. The minimum absolute atomic E-state index is 0.130. The highest BCUT2D eigenvalue weighted by molar-refractivity contribution is 8.18. The number of thioether (sulfide) groups is 1. The monoisotopic (exact) mass is 401 g/mol. The Labute approximate surface area is 172 Å². The van der Waals surface area contributed by atoms with Gasteiger partial charge in [-0.1, -0.05) is 33.1 Å². The topological polar surface area (TPSA) is 46.6 Å². The Bertz CT molecular complexity index is 778. The summed E-state index contributed by atoms with van der Waals surface area (Å²) >= 11 is 1.07. The Kier molecular flexibility index (Phi) is 6.86. The van der Waals surface area contributed by atoms with Gasteiger partial charge in [0.15, 0.2) is 0 Å². The highest BCUT2D eigenvalue weighted by atomic mass is 32.2. The second-order valence-corrected chi connectivity index (χ2v) is 9.12. The molecule has 1 heterocycles. The zero-order valence-electron chi connectivity index (χ0n) is 17.4. The molecule has 28 heavy (non-hydrogen) atoms. The summed E-state index contributed by atoms with van der Waals surface area (Å²) in [5, 5.41) is -0.130. The predicted molar refractivity (Wildman–Crippen MR) is 116 cm³/mol. The lowest BCUT2D eigenvalue weighted by Crippen LogP contribution is -2.34. The molecule has 1 saturated carbocycles. The van der Waals surface area contributed by atoms with Gasteiger partial charge in [0.25, 0.3) is 11.1 Å². The third-order valence-electron chi connectivity index (χ3n) is 5.65. The number of ether oxygens (including phenoxy) is 1. The Hall–Kier alpha value is -1.75. The largest absolute Gasteiger partial charge is 0.494 e. The van der Waals surface area contributed by atoms with E-state index in [1.54, 1.807) is 0 Å². The molecule has 0 N–H and O–H groups in total. The lowest BCUT2D eigenvalue weighted by Gasteiger charge is -2.25. The minimum atomic E-state index is -0.139. The van der Waals surface area contributed by atoms with Crippen molar-refractivity contribution in [3.8, 4) is 5.75 Å². The van der Waals surface area contributed by atoms with Crippen LogP contribution in [0.1, 0.15) is 75.5 Å². The second kappa shape index (κ2) is 9.17. The normalized spacial score (nSPS) is 19.9. The summed E-state index contributed by atoms with van der Waals surface area (Å²) in [6, 6.07) is 4.14. The summed E-state index contributed by atoms with van der Waals surface area (Å²) < 4.78 is 5.79. The molecule has 1 aromatic rings. The maximum absolute atomic E-state index is 12.9. The molecule has 1 aliphatic heterocycles. The molecule has 4 nitrogen and oxygen atoms in total. The van der Waals surface area contributed by atoms with E-state index in [-0.39, 0.29) is 11.1 Å². The SMILES string of the molecule is CCOc1cc(C)c(/C=C2/SC(=O)N(CC3CCCCC3)C2=O)cc1C(C)C. The fourth-order valence-electron chi connectivity index (χ4n) is 4.03. The molecule has 0 unspecified atom stereocenters. The van der Waals surface area contributed by atoms with Gasteiger partial charge in [-0.2, -0.15) is 0 Å². The molecule has 3 rings (SSSR count). The number of imide groups is 1. The van der Waals surface area contributed by atoms with Crippen LogP contribution < -0.4 is 4.74 Å². The first-order valence-electron chi connectivity index (χ1n) is 10.4. The van der Waals surface area contributed by atoms with E-state index in [1.807, 2.05) is 26.0 Å². The molecule has 1 saturated heterocycles. The van der Waals surface area contributed by atoms with Gasteiger partial charge in [-0.25, -0.2) is 0 Å². The number of hydrogen-bond donors (Lipinski definition) is 0. The summed E-state index contributed by atoms with van der Waals surface area (Å²) in [7, 11) is 0. The molecule has 2 aliphatic rings. The van der Waals surface area contributed by atoms with Gasteiger partial charge < -0.3 is 4.74 Å². The van der Waals surface area contributed by atoms with Gasteiger partial charge in [0.05, 0.1) is 11.5 Å². The average molecular weight is 402 g/mol. The third-order valence-corrected chi connectivity index (χ3v) is 6.55. The number of amides is 2. The molecule has 2 amide bonds. The van der Waals surface area contributed by atoms with E-state index in [9.17, 15) is 9.59 Å². The Morgan fingerprint density at radius 3 is 2.57 bits per heavy atom. The van der Waals surface area contributed by atoms with Gasteiger partial charge in [-0.05, 0) is 85.2 Å². The smallest absolute Gasteiger partial charge is 0.293 e. The van der Waals surface area contributed by atoms with Crippen molar-refractivity contribution in [2.75, 3.05) is 13.2 Å². The fourth-order valence-corrected chi connectivity index (χ4v) is 4.87. The van der Waals surface area contributed by atoms with Crippen molar-refractivity contribution in [3.05, 3.63) is 33.7 Å². The van der Waals surface area contributed by atoms with Crippen LogP contribution in [0.15, 0.2) is 17.0 Å². The van der Waals surface area contributed by atoms with Gasteiger partial charge >= 0.3 is 0 Å². The third kappa shape index (κ3) is 4.62. The zero-order valence-corrected chi connectivity index (χ0v) is 18.2. The number of nitrogens with zero attached hydrogens (tertiary/aromatic N) is 1. The molecule has 0 radical (unpaired) electrons. The first-order chi connectivity index (χ1) is 13.4. The van der Waals surface area contributed by atoms with Crippen LogP contribution >= 0.6 is 11.8 Å². The predicted octanol–water partition coefficient (Wildman–Crippen LogP) is 6.13. The first-order valence-corrected chi connectivity index (χ1v) is 11.2. The van der Waals surface area contributed by atoms with E-state index < -0.39 is 0 Å². The van der Waals surface area contributed by atoms with E-state index in [4.69, 9.17) is 4.74 Å². The number of hydrogen-bond acceptors (Lipinski definition) is 4. The second-order valence-electron chi connectivity index (χ2n) is 8.13. The highest BCUT2D eigenvalue weighted by Gasteiger charge is 2.36. The minimum Gasteiger partial charge on any atom is -0.494 e. The molecule has 152 valence electrons. The maximum Gasteiger partial charge on any atom is 0.293 e. The van der Waals surface area contributed by atoms with Crippen molar-refractivity contribution in [2.24, 2.45) is 5.92 Å². The van der Waals surface area contributed by atoms with Gasteiger partial charge in [0, 0.05) is 6.54 Å². The molecule has 0 bridgehead atoms. The number of carbonyl (C=O) groups excluding carboxylic acids is 2. The average Bonchev–Trinajstić information content (AvgIpc) is 2.92. The van der Waals surface area contributed by atoms with Crippen molar-refractivity contribution >= 4 is 29.0 Å². The Morgan fingerprint density at radius 1 is 1.21 bits per heavy atom. The molecule has 5 heteroatoms. The Balaban J connectivity index is 1.83. The molecule has 0 aromatic heterocycles. The highest BCUT2D eigenvalue weighted by Crippen LogP contribution is 2.37. The summed E-state index contributed by atoms with van der Waals surface area (Å²) in [4.78, 5) is 27.3. The van der Waals surface area contributed by atoms with E-state index in [1.165, 1.54) is 24.2 Å². The number of benzene rings is 1. The van der Waals surface area contributed by atoms with Crippen LogP contribution in [0.4, 0.5) is 4.79 Å².